The molecule has 2 heterocycles. The van der Waals surface area contributed by atoms with Gasteiger partial charge in [0.15, 0.2) is 0 Å². The maximum Gasteiger partial charge on any atom is 0.228 e. The molecule has 0 spiro atoms. The molecule has 2 aromatic rings. The van der Waals surface area contributed by atoms with Gasteiger partial charge in [-0.1, -0.05) is 18.2 Å². The van der Waals surface area contributed by atoms with E-state index in [1.54, 1.807) is 10.9 Å². The van der Waals surface area contributed by atoms with Gasteiger partial charge in [0.05, 0.1) is 18.2 Å². The van der Waals surface area contributed by atoms with Crippen molar-refractivity contribution in [1.29, 1.82) is 0 Å². The molecule has 0 bridgehead atoms. The van der Waals surface area contributed by atoms with Gasteiger partial charge in [0.2, 0.25) is 5.91 Å². The highest BCUT2D eigenvalue weighted by Gasteiger charge is 2.29. The van der Waals surface area contributed by atoms with E-state index in [1.165, 1.54) is 0 Å². The SMILES string of the molecule is CC1CC(C(=O)NCc2ccnn2C)c2ccccc2N1. The van der Waals surface area contributed by atoms with E-state index in [0.717, 1.165) is 23.4 Å². The van der Waals surface area contributed by atoms with Gasteiger partial charge in [-0.15, -0.1) is 0 Å². The van der Waals surface area contributed by atoms with Crippen LogP contribution < -0.4 is 10.6 Å². The minimum Gasteiger partial charge on any atom is -0.382 e. The Hall–Kier alpha value is -2.30. The van der Waals surface area contributed by atoms with Crippen LogP contribution in [0.2, 0.25) is 0 Å². The van der Waals surface area contributed by atoms with Gasteiger partial charge in [0.1, 0.15) is 0 Å². The Morgan fingerprint density at radius 2 is 2.24 bits per heavy atom. The Bertz CT molecular complexity index is 649. The zero-order valence-corrected chi connectivity index (χ0v) is 12.3. The highest BCUT2D eigenvalue weighted by Crippen LogP contribution is 2.34. The van der Waals surface area contributed by atoms with Crippen LogP contribution in [0, 0.1) is 0 Å². The third-order valence-corrected chi connectivity index (χ3v) is 4.01. The second-order valence-electron chi connectivity index (χ2n) is 5.58. The van der Waals surface area contributed by atoms with Crippen LogP contribution in [-0.2, 0) is 18.4 Å². The van der Waals surface area contributed by atoms with E-state index in [-0.39, 0.29) is 11.8 Å². The normalized spacial score (nSPS) is 20.5. The van der Waals surface area contributed by atoms with Crippen LogP contribution in [0.5, 0.6) is 0 Å². The van der Waals surface area contributed by atoms with E-state index >= 15 is 0 Å². The number of nitrogens with one attached hydrogen (secondary N) is 2. The van der Waals surface area contributed by atoms with Gasteiger partial charge < -0.3 is 10.6 Å². The van der Waals surface area contributed by atoms with Gasteiger partial charge in [-0.2, -0.15) is 5.10 Å². The number of nitrogens with zero attached hydrogens (tertiary/aromatic N) is 2. The lowest BCUT2D eigenvalue weighted by atomic mass is 9.87. The summed E-state index contributed by atoms with van der Waals surface area (Å²) in [7, 11) is 1.88. The molecule has 5 nitrogen and oxygen atoms in total. The summed E-state index contributed by atoms with van der Waals surface area (Å²) in [6.07, 6.45) is 2.55. The van der Waals surface area contributed by atoms with Crippen molar-refractivity contribution in [2.24, 2.45) is 7.05 Å². The summed E-state index contributed by atoms with van der Waals surface area (Å²) in [4.78, 5) is 12.5. The Balaban J connectivity index is 1.74. The molecular weight excluding hydrogens is 264 g/mol. The average molecular weight is 284 g/mol. The predicted molar refractivity (Wildman–Crippen MR) is 81.9 cm³/mol. The molecule has 2 atom stereocenters. The van der Waals surface area contributed by atoms with Gasteiger partial charge in [0, 0.05) is 25.0 Å². The topological polar surface area (TPSA) is 59.0 Å². The molecule has 2 N–H and O–H groups in total. The molecular formula is C16H20N4O. The first kappa shape index (κ1) is 13.7. The Kier molecular flexibility index (Phi) is 3.64. The van der Waals surface area contributed by atoms with Crippen LogP contribution in [0.15, 0.2) is 36.5 Å². The summed E-state index contributed by atoms with van der Waals surface area (Å²) >= 11 is 0. The molecule has 1 aliphatic heterocycles. The van der Waals surface area contributed by atoms with Crippen molar-refractivity contribution < 1.29 is 4.79 Å². The predicted octanol–water partition coefficient (Wildman–Crippen LogP) is 2.02. The van der Waals surface area contributed by atoms with Gasteiger partial charge in [-0.3, -0.25) is 9.48 Å². The van der Waals surface area contributed by atoms with Crippen LogP contribution in [0.3, 0.4) is 0 Å². The fourth-order valence-electron chi connectivity index (χ4n) is 2.86. The van der Waals surface area contributed by atoms with E-state index < -0.39 is 0 Å². The summed E-state index contributed by atoms with van der Waals surface area (Å²) in [5.41, 5.74) is 3.15. The summed E-state index contributed by atoms with van der Waals surface area (Å²) in [6.45, 7) is 2.62. The number of aryl methyl sites for hydroxylation is 1. The average Bonchev–Trinajstić information content (AvgIpc) is 2.89. The van der Waals surface area contributed by atoms with Crippen molar-refractivity contribution in [2.45, 2.75) is 31.8 Å². The highest BCUT2D eigenvalue weighted by molar-refractivity contribution is 5.86. The van der Waals surface area contributed by atoms with E-state index in [1.807, 2.05) is 37.4 Å². The van der Waals surface area contributed by atoms with Crippen LogP contribution in [0.25, 0.3) is 0 Å². The number of benzene rings is 1. The van der Waals surface area contributed by atoms with E-state index in [4.69, 9.17) is 0 Å². The molecule has 110 valence electrons. The molecule has 5 heteroatoms. The Morgan fingerprint density at radius 3 is 3.00 bits per heavy atom. The molecule has 0 fully saturated rings. The number of para-hydroxylation sites is 1. The quantitative estimate of drug-likeness (QED) is 0.906. The maximum atomic E-state index is 12.5. The minimum absolute atomic E-state index is 0.0806. The fourth-order valence-corrected chi connectivity index (χ4v) is 2.86. The van der Waals surface area contributed by atoms with Gasteiger partial charge in [-0.05, 0) is 31.0 Å². The summed E-state index contributed by atoms with van der Waals surface area (Å²) in [5.74, 6) is -0.0114. The van der Waals surface area contributed by atoms with Crippen LogP contribution in [0.4, 0.5) is 5.69 Å². The summed E-state index contributed by atoms with van der Waals surface area (Å²) in [6, 6.07) is 10.3. The zero-order valence-electron chi connectivity index (χ0n) is 12.3. The second-order valence-corrected chi connectivity index (χ2v) is 5.58. The largest absolute Gasteiger partial charge is 0.382 e. The lowest BCUT2D eigenvalue weighted by Gasteiger charge is -2.30. The standard InChI is InChI=1S/C16H20N4O/c1-11-9-14(13-5-3-4-6-15(13)19-11)16(21)17-10-12-7-8-18-20(12)2/h3-8,11,14,19H,9-10H2,1-2H3,(H,17,21). The summed E-state index contributed by atoms with van der Waals surface area (Å²) < 4.78 is 1.78. The monoisotopic (exact) mass is 284 g/mol. The fraction of sp³-hybridized carbons (Fsp3) is 0.375. The van der Waals surface area contributed by atoms with E-state index in [0.29, 0.717) is 12.6 Å². The Morgan fingerprint density at radius 1 is 1.43 bits per heavy atom. The third-order valence-electron chi connectivity index (χ3n) is 4.01. The van der Waals surface area contributed by atoms with Crippen molar-refractivity contribution in [3.63, 3.8) is 0 Å². The molecule has 1 amide bonds. The Labute approximate surface area is 124 Å². The van der Waals surface area contributed by atoms with Crippen molar-refractivity contribution >= 4 is 11.6 Å². The first-order valence-corrected chi connectivity index (χ1v) is 7.25. The number of hydrogen-bond acceptors (Lipinski definition) is 3. The second kappa shape index (κ2) is 5.60. The molecule has 21 heavy (non-hydrogen) atoms. The van der Waals surface area contributed by atoms with Crippen molar-refractivity contribution in [1.82, 2.24) is 15.1 Å². The number of anilines is 1. The lowest BCUT2D eigenvalue weighted by Crippen LogP contribution is -2.36. The van der Waals surface area contributed by atoms with Crippen LogP contribution in [0.1, 0.15) is 30.5 Å². The first-order chi connectivity index (χ1) is 10.1. The number of amides is 1. The number of aromatic nitrogens is 2. The zero-order chi connectivity index (χ0) is 14.8. The number of rotatable bonds is 3. The number of carbonyl (C=O) groups excluding carboxylic acids is 1. The molecule has 0 saturated heterocycles. The lowest BCUT2D eigenvalue weighted by molar-refractivity contribution is -0.123. The van der Waals surface area contributed by atoms with Gasteiger partial charge >= 0.3 is 0 Å². The van der Waals surface area contributed by atoms with Gasteiger partial charge in [-0.25, -0.2) is 0 Å². The smallest absolute Gasteiger partial charge is 0.228 e. The molecule has 1 aromatic carbocycles. The molecule has 1 aliphatic rings. The number of fused-ring (bicyclic) bond motifs is 1. The van der Waals surface area contributed by atoms with Crippen molar-refractivity contribution in [3.8, 4) is 0 Å². The molecule has 0 radical (unpaired) electrons. The third kappa shape index (κ3) is 2.77. The molecule has 3 rings (SSSR count). The van der Waals surface area contributed by atoms with Crippen molar-refractivity contribution in [2.75, 3.05) is 5.32 Å². The van der Waals surface area contributed by atoms with Gasteiger partial charge in [0.25, 0.3) is 0 Å². The number of hydrogen-bond donors (Lipinski definition) is 2. The summed E-state index contributed by atoms with van der Waals surface area (Å²) in [5, 5.41) is 10.6. The van der Waals surface area contributed by atoms with E-state index in [2.05, 4.69) is 22.7 Å². The maximum absolute atomic E-state index is 12.5. The van der Waals surface area contributed by atoms with E-state index in [9.17, 15) is 4.79 Å². The molecule has 0 aliphatic carbocycles. The van der Waals surface area contributed by atoms with Crippen LogP contribution >= 0.6 is 0 Å². The minimum atomic E-state index is -0.0920. The molecule has 0 saturated carbocycles. The van der Waals surface area contributed by atoms with Crippen molar-refractivity contribution in [3.05, 3.63) is 47.8 Å². The number of carbonyl (C=O) groups is 1. The highest BCUT2D eigenvalue weighted by atomic mass is 16.1. The van der Waals surface area contributed by atoms with Crippen LogP contribution in [-0.4, -0.2) is 21.7 Å². The molecule has 1 aromatic heterocycles. The molecule has 2 unspecified atom stereocenters. The first-order valence-electron chi connectivity index (χ1n) is 7.25.